The van der Waals surface area contributed by atoms with Crippen LogP contribution in [0.2, 0.25) is 0 Å². The Kier molecular flexibility index (Phi) is 5.19. The molecule has 1 aliphatic rings. The van der Waals surface area contributed by atoms with Crippen LogP contribution in [0, 0.1) is 15.9 Å². The summed E-state index contributed by atoms with van der Waals surface area (Å²) in [5.74, 6) is -2.39. The highest BCUT2D eigenvalue weighted by Crippen LogP contribution is 2.29. The van der Waals surface area contributed by atoms with Gasteiger partial charge < -0.3 is 4.74 Å². The van der Waals surface area contributed by atoms with E-state index in [-0.39, 0.29) is 10.5 Å². The molecule has 10 heteroatoms. The van der Waals surface area contributed by atoms with Gasteiger partial charge in [-0.25, -0.2) is 17.6 Å². The first-order valence-electron chi connectivity index (χ1n) is 8.05. The number of nitro groups is 1. The Bertz CT molecular complexity index is 1000. The molecule has 0 aromatic heterocycles. The molecule has 0 N–H and O–H groups in total. The number of sulfonamides is 1. The molecule has 0 amide bonds. The van der Waals surface area contributed by atoms with Crippen molar-refractivity contribution in [1.82, 2.24) is 4.31 Å². The Balaban J connectivity index is 1.89. The number of esters is 1. The number of hydrogen-bond donors (Lipinski definition) is 0. The fourth-order valence-corrected chi connectivity index (χ4v) is 4.30. The van der Waals surface area contributed by atoms with E-state index in [4.69, 9.17) is 4.74 Å². The van der Waals surface area contributed by atoms with Crippen LogP contribution in [0.5, 0.6) is 5.75 Å². The first-order chi connectivity index (χ1) is 12.8. The fourth-order valence-electron chi connectivity index (χ4n) is 2.74. The minimum absolute atomic E-state index is 0.0763. The minimum atomic E-state index is -3.74. The molecular weight excluding hydrogens is 379 g/mol. The molecule has 1 heterocycles. The third-order valence-electron chi connectivity index (χ3n) is 4.09. The van der Waals surface area contributed by atoms with E-state index in [1.165, 1.54) is 22.5 Å². The summed E-state index contributed by atoms with van der Waals surface area (Å²) in [7, 11) is -3.74. The maximum absolute atomic E-state index is 13.4. The lowest BCUT2D eigenvalue weighted by Gasteiger charge is -2.15. The van der Waals surface area contributed by atoms with Gasteiger partial charge in [0.1, 0.15) is 5.82 Å². The van der Waals surface area contributed by atoms with Crippen LogP contribution in [0.15, 0.2) is 47.4 Å². The summed E-state index contributed by atoms with van der Waals surface area (Å²) in [5.41, 5.74) is -0.695. The molecule has 142 valence electrons. The standard InChI is InChI=1S/C17H15FN2O6S/c18-13-6-7-15(20(22)23)16(11-13)26-17(21)12-4-3-5-14(10-12)27(24,25)19-8-1-2-9-19/h3-7,10-11H,1-2,8-9H2. The summed E-state index contributed by atoms with van der Waals surface area (Å²) < 4.78 is 44.8. The van der Waals surface area contributed by atoms with Crippen LogP contribution in [0.4, 0.5) is 10.1 Å². The number of ether oxygens (including phenoxy) is 1. The Morgan fingerprint density at radius 3 is 2.52 bits per heavy atom. The van der Waals surface area contributed by atoms with Gasteiger partial charge in [0.25, 0.3) is 0 Å². The van der Waals surface area contributed by atoms with Crippen molar-refractivity contribution in [2.45, 2.75) is 17.7 Å². The molecule has 8 nitrogen and oxygen atoms in total. The van der Waals surface area contributed by atoms with E-state index in [1.807, 2.05) is 0 Å². The fraction of sp³-hybridized carbons (Fsp3) is 0.235. The second-order valence-corrected chi connectivity index (χ2v) is 7.84. The maximum Gasteiger partial charge on any atom is 0.343 e. The van der Waals surface area contributed by atoms with E-state index in [1.54, 1.807) is 0 Å². The molecule has 0 atom stereocenters. The van der Waals surface area contributed by atoms with Crippen LogP contribution >= 0.6 is 0 Å². The summed E-state index contributed by atoms with van der Waals surface area (Å²) >= 11 is 0. The van der Waals surface area contributed by atoms with Gasteiger partial charge in [0, 0.05) is 25.2 Å². The van der Waals surface area contributed by atoms with E-state index in [0.29, 0.717) is 13.1 Å². The molecular formula is C17H15FN2O6S. The third kappa shape index (κ3) is 3.96. The van der Waals surface area contributed by atoms with Crippen molar-refractivity contribution < 1.29 is 27.3 Å². The zero-order chi connectivity index (χ0) is 19.6. The number of nitrogens with zero attached hydrogens (tertiary/aromatic N) is 2. The number of rotatable bonds is 5. The van der Waals surface area contributed by atoms with Crippen molar-refractivity contribution in [1.29, 1.82) is 0 Å². The van der Waals surface area contributed by atoms with Crippen LogP contribution in [0.3, 0.4) is 0 Å². The lowest BCUT2D eigenvalue weighted by molar-refractivity contribution is -0.385. The highest BCUT2D eigenvalue weighted by Gasteiger charge is 2.28. The van der Waals surface area contributed by atoms with Crippen molar-refractivity contribution in [3.05, 3.63) is 64.0 Å². The molecule has 1 fully saturated rings. The van der Waals surface area contributed by atoms with E-state index in [9.17, 15) is 27.7 Å². The van der Waals surface area contributed by atoms with Crippen LogP contribution in [0.25, 0.3) is 0 Å². The summed E-state index contributed by atoms with van der Waals surface area (Å²) in [6.45, 7) is 0.818. The number of hydrogen-bond acceptors (Lipinski definition) is 6. The second-order valence-electron chi connectivity index (χ2n) is 5.90. The molecule has 1 saturated heterocycles. The second kappa shape index (κ2) is 7.41. The van der Waals surface area contributed by atoms with Crippen molar-refractivity contribution in [3.63, 3.8) is 0 Å². The molecule has 27 heavy (non-hydrogen) atoms. The van der Waals surface area contributed by atoms with Crippen molar-refractivity contribution >= 4 is 21.7 Å². The van der Waals surface area contributed by atoms with E-state index in [2.05, 4.69) is 0 Å². The first kappa shape index (κ1) is 18.9. The van der Waals surface area contributed by atoms with Crippen LogP contribution in [-0.4, -0.2) is 36.7 Å². The zero-order valence-electron chi connectivity index (χ0n) is 14.0. The molecule has 2 aromatic rings. The lowest BCUT2D eigenvalue weighted by atomic mass is 10.2. The predicted molar refractivity (Wildman–Crippen MR) is 92.4 cm³/mol. The Labute approximate surface area is 154 Å². The molecule has 0 aliphatic carbocycles. The van der Waals surface area contributed by atoms with Crippen LogP contribution in [-0.2, 0) is 10.0 Å². The van der Waals surface area contributed by atoms with Crippen molar-refractivity contribution in [2.75, 3.05) is 13.1 Å². The average Bonchev–Trinajstić information content (AvgIpc) is 3.17. The van der Waals surface area contributed by atoms with Crippen molar-refractivity contribution in [2.24, 2.45) is 0 Å². The van der Waals surface area contributed by atoms with Crippen LogP contribution in [0.1, 0.15) is 23.2 Å². The minimum Gasteiger partial charge on any atom is -0.415 e. The van der Waals surface area contributed by atoms with Gasteiger partial charge in [-0.3, -0.25) is 10.1 Å². The SMILES string of the molecule is O=C(Oc1cc(F)ccc1[N+](=O)[O-])c1cccc(S(=O)(=O)N2CCCC2)c1. The van der Waals surface area contributed by atoms with Gasteiger partial charge in [-0.15, -0.1) is 0 Å². The molecule has 2 aromatic carbocycles. The molecule has 0 saturated carbocycles. The van der Waals surface area contributed by atoms with E-state index >= 15 is 0 Å². The largest absolute Gasteiger partial charge is 0.415 e. The first-order valence-corrected chi connectivity index (χ1v) is 9.49. The summed E-state index contributed by atoms with van der Waals surface area (Å²) in [6.07, 6.45) is 1.54. The summed E-state index contributed by atoms with van der Waals surface area (Å²) in [5, 5.41) is 11.0. The Morgan fingerprint density at radius 2 is 1.85 bits per heavy atom. The predicted octanol–water partition coefficient (Wildman–Crippen LogP) is 2.74. The van der Waals surface area contributed by atoms with Crippen LogP contribution < -0.4 is 4.74 Å². The number of carbonyl (C=O) groups excluding carboxylic acids is 1. The summed E-state index contributed by atoms with van der Waals surface area (Å²) in [6, 6.07) is 7.66. The number of halogens is 1. The topological polar surface area (TPSA) is 107 Å². The Hall–Kier alpha value is -2.85. The van der Waals surface area contributed by atoms with E-state index < -0.39 is 38.2 Å². The summed E-state index contributed by atoms with van der Waals surface area (Å²) in [4.78, 5) is 22.4. The van der Waals surface area contributed by atoms with Gasteiger partial charge in [0.15, 0.2) is 0 Å². The van der Waals surface area contributed by atoms with E-state index in [0.717, 1.165) is 37.1 Å². The Morgan fingerprint density at radius 1 is 1.15 bits per heavy atom. The molecule has 0 spiro atoms. The zero-order valence-corrected chi connectivity index (χ0v) is 14.8. The van der Waals surface area contributed by atoms with Gasteiger partial charge in [-0.2, -0.15) is 4.31 Å². The number of benzene rings is 2. The van der Waals surface area contributed by atoms with Gasteiger partial charge in [0.05, 0.1) is 15.4 Å². The maximum atomic E-state index is 13.4. The highest BCUT2D eigenvalue weighted by atomic mass is 32.2. The van der Waals surface area contributed by atoms with Crippen molar-refractivity contribution in [3.8, 4) is 5.75 Å². The lowest BCUT2D eigenvalue weighted by Crippen LogP contribution is -2.28. The molecule has 1 aliphatic heterocycles. The van der Waals surface area contributed by atoms with Gasteiger partial charge in [0.2, 0.25) is 15.8 Å². The number of carbonyl (C=O) groups is 1. The quantitative estimate of drug-likeness (QED) is 0.334. The van der Waals surface area contributed by atoms with Gasteiger partial charge >= 0.3 is 11.7 Å². The molecule has 0 unspecified atom stereocenters. The molecule has 3 rings (SSSR count). The number of nitro benzene ring substituents is 1. The van der Waals surface area contributed by atoms with Gasteiger partial charge in [-0.1, -0.05) is 6.07 Å². The smallest absolute Gasteiger partial charge is 0.343 e. The third-order valence-corrected chi connectivity index (χ3v) is 5.99. The average molecular weight is 394 g/mol. The van der Waals surface area contributed by atoms with Gasteiger partial charge in [-0.05, 0) is 37.1 Å². The molecule has 0 radical (unpaired) electrons. The highest BCUT2D eigenvalue weighted by molar-refractivity contribution is 7.89. The normalized spacial score (nSPS) is 14.9. The monoisotopic (exact) mass is 394 g/mol. The molecule has 0 bridgehead atoms.